The molecule has 132 valence electrons. The maximum absolute atomic E-state index is 9.19. The molecule has 12 heteroatoms. The molecule has 0 aromatic carbocycles. The quantitative estimate of drug-likeness (QED) is 0.327. The molecule has 0 bridgehead atoms. The Morgan fingerprint density at radius 2 is 1.62 bits per heavy atom. The van der Waals surface area contributed by atoms with Crippen LogP contribution in [0.1, 0.15) is 13.8 Å². The molecule has 0 saturated carbocycles. The second-order valence-corrected chi connectivity index (χ2v) is 9.34. The molecule has 0 atom stereocenters. The molecular weight excluding hydrogens is 360 g/mol. The summed E-state index contributed by atoms with van der Waals surface area (Å²) in [4.78, 5) is 0.361. The minimum Gasteiger partial charge on any atom is -0.748 e. The van der Waals surface area contributed by atoms with Gasteiger partial charge in [0.05, 0.1) is 27.8 Å². The van der Waals surface area contributed by atoms with Gasteiger partial charge in [-0.3, -0.25) is 4.55 Å². The van der Waals surface area contributed by atoms with Crippen LogP contribution in [-0.4, -0.2) is 67.9 Å². The van der Waals surface area contributed by atoms with E-state index in [1.807, 2.05) is 11.8 Å². The largest absolute Gasteiger partial charge is 0.748 e. The molecule has 0 aliphatic carbocycles. The van der Waals surface area contributed by atoms with Crippen LogP contribution >= 0.6 is 24.4 Å². The molecular formula is C9H26N2O6S4. The van der Waals surface area contributed by atoms with Crippen molar-refractivity contribution in [2.24, 2.45) is 0 Å². The molecule has 1 rings (SSSR count). The summed E-state index contributed by atoms with van der Waals surface area (Å²) in [5.74, 6) is 2.17. The predicted molar refractivity (Wildman–Crippen MR) is 89.2 cm³/mol. The Hall–Kier alpha value is 0.440. The Labute approximate surface area is 137 Å². The van der Waals surface area contributed by atoms with Crippen LogP contribution in [0, 0.1) is 0 Å². The van der Waals surface area contributed by atoms with Gasteiger partial charge in [-0.25, -0.2) is 8.42 Å². The fourth-order valence-corrected chi connectivity index (χ4v) is 1.63. The number of rotatable bonds is 1. The van der Waals surface area contributed by atoms with E-state index in [-0.39, 0.29) is 0 Å². The smallest absolute Gasteiger partial charge is 0.261 e. The molecule has 0 radical (unpaired) electrons. The Kier molecular flexibility index (Phi) is 16.2. The van der Waals surface area contributed by atoms with Crippen LogP contribution in [0.2, 0.25) is 0 Å². The van der Waals surface area contributed by atoms with Crippen molar-refractivity contribution in [3.05, 3.63) is 0 Å². The van der Waals surface area contributed by atoms with Gasteiger partial charge < -0.3 is 15.6 Å². The van der Waals surface area contributed by atoms with Crippen molar-refractivity contribution >= 4 is 44.6 Å². The van der Waals surface area contributed by atoms with E-state index in [2.05, 4.69) is 37.5 Å². The number of hydrogen-bond acceptors (Lipinski definition) is 8. The number of thioether (sulfide) groups is 1. The molecule has 5 N–H and O–H groups in total. The average Bonchev–Trinajstić information content (AvgIpc) is 2.58. The molecule has 0 aromatic heterocycles. The first kappa shape index (κ1) is 26.3. The molecule has 1 heterocycles. The van der Waals surface area contributed by atoms with Crippen molar-refractivity contribution in [3.63, 3.8) is 0 Å². The monoisotopic (exact) mass is 386 g/mol. The number of hydrogen-bond donors (Lipinski definition) is 4. The SMILES string of the molecule is CC1(C)NCCS1.CS(=O)(=O)O.CS(=O)(=O)[O-].[NH3+]CCS. The minimum atomic E-state index is -3.92. The Morgan fingerprint density at radius 1 is 1.33 bits per heavy atom. The van der Waals surface area contributed by atoms with Crippen LogP contribution in [0.4, 0.5) is 0 Å². The third-order valence-electron chi connectivity index (χ3n) is 1.27. The third-order valence-corrected chi connectivity index (χ3v) is 2.86. The van der Waals surface area contributed by atoms with Crippen molar-refractivity contribution in [2.75, 3.05) is 37.1 Å². The van der Waals surface area contributed by atoms with Gasteiger partial charge in [-0.15, -0.1) is 11.8 Å². The molecule has 1 aliphatic heterocycles. The highest BCUT2D eigenvalue weighted by Gasteiger charge is 2.21. The maximum atomic E-state index is 9.19. The molecule has 0 unspecified atom stereocenters. The summed E-state index contributed by atoms with van der Waals surface area (Å²) in [6.45, 7) is 6.54. The highest BCUT2D eigenvalue weighted by Crippen LogP contribution is 2.24. The van der Waals surface area contributed by atoms with Gasteiger partial charge in [-0.1, -0.05) is 0 Å². The Morgan fingerprint density at radius 3 is 1.67 bits per heavy atom. The van der Waals surface area contributed by atoms with Gasteiger partial charge in [-0.2, -0.15) is 21.0 Å². The summed E-state index contributed by atoms with van der Waals surface area (Å²) in [6.07, 6.45) is 1.32. The van der Waals surface area contributed by atoms with Gasteiger partial charge >= 0.3 is 0 Å². The van der Waals surface area contributed by atoms with Crippen molar-refractivity contribution in [1.82, 2.24) is 5.32 Å². The van der Waals surface area contributed by atoms with Crippen molar-refractivity contribution < 1.29 is 31.7 Å². The van der Waals surface area contributed by atoms with Crippen molar-refractivity contribution in [3.8, 4) is 0 Å². The second kappa shape index (κ2) is 12.9. The highest BCUT2D eigenvalue weighted by atomic mass is 32.2. The fraction of sp³-hybridized carbons (Fsp3) is 1.00. The first-order valence-corrected chi connectivity index (χ1v) is 11.0. The summed E-state index contributed by atoms with van der Waals surface area (Å²) in [5.41, 5.74) is 3.53. The van der Waals surface area contributed by atoms with E-state index in [9.17, 15) is 8.42 Å². The summed E-state index contributed by atoms with van der Waals surface area (Å²) in [6, 6.07) is 0. The summed E-state index contributed by atoms with van der Waals surface area (Å²) >= 11 is 5.85. The number of thiol groups is 1. The lowest BCUT2D eigenvalue weighted by Gasteiger charge is -2.14. The molecule has 8 nitrogen and oxygen atoms in total. The van der Waals surface area contributed by atoms with Gasteiger partial charge in [0, 0.05) is 24.3 Å². The van der Waals surface area contributed by atoms with E-state index in [0.717, 1.165) is 12.3 Å². The van der Waals surface area contributed by atoms with E-state index < -0.39 is 20.2 Å². The topological polar surface area (TPSA) is 151 Å². The molecule has 21 heavy (non-hydrogen) atoms. The van der Waals surface area contributed by atoms with E-state index in [1.54, 1.807) is 0 Å². The number of quaternary nitrogens is 1. The normalized spacial score (nSPS) is 16.4. The highest BCUT2D eigenvalue weighted by molar-refractivity contribution is 8.00. The van der Waals surface area contributed by atoms with Crippen LogP contribution in [0.25, 0.3) is 0 Å². The molecule has 0 amide bonds. The Bertz CT molecular complexity index is 379. The predicted octanol–water partition coefficient (Wildman–Crippen LogP) is -1.12. The standard InChI is InChI=1S/C5H11NS.C2H7NS.2CH4O3S/c1-5(2)6-3-4-7-5;3-1-2-4;2*1-5(2,3)4/h6H,3-4H2,1-2H3;4H,1-3H2;2*1H3,(H,2,3,4). The van der Waals surface area contributed by atoms with Gasteiger partial charge in [0.25, 0.3) is 10.1 Å². The Balaban J connectivity index is -0.000000212. The van der Waals surface area contributed by atoms with E-state index in [0.29, 0.717) is 17.4 Å². The van der Waals surface area contributed by atoms with Crippen LogP contribution < -0.4 is 11.1 Å². The fourth-order valence-electron chi connectivity index (χ4n) is 0.709. The summed E-state index contributed by atoms with van der Waals surface area (Å²) < 4.78 is 53.1. The lowest BCUT2D eigenvalue weighted by molar-refractivity contribution is -0.360. The van der Waals surface area contributed by atoms with Gasteiger partial charge in [0.1, 0.15) is 0 Å². The minimum absolute atomic E-state index is 0.361. The van der Waals surface area contributed by atoms with Crippen LogP contribution in [0.15, 0.2) is 0 Å². The van der Waals surface area contributed by atoms with E-state index in [1.165, 1.54) is 12.3 Å². The lowest BCUT2D eigenvalue weighted by Crippen LogP contribution is -2.51. The molecule has 1 aliphatic rings. The zero-order valence-corrected chi connectivity index (χ0v) is 16.0. The zero-order chi connectivity index (χ0) is 17.7. The van der Waals surface area contributed by atoms with Crippen molar-refractivity contribution in [1.29, 1.82) is 0 Å². The maximum Gasteiger partial charge on any atom is 0.261 e. The van der Waals surface area contributed by atoms with Crippen LogP contribution in [-0.2, 0) is 20.2 Å². The molecule has 1 saturated heterocycles. The third kappa shape index (κ3) is 63.8. The van der Waals surface area contributed by atoms with E-state index in [4.69, 9.17) is 17.5 Å². The first-order chi connectivity index (χ1) is 9.12. The van der Waals surface area contributed by atoms with Gasteiger partial charge in [0.15, 0.2) is 0 Å². The van der Waals surface area contributed by atoms with Crippen molar-refractivity contribution in [2.45, 2.75) is 18.7 Å². The van der Waals surface area contributed by atoms with Crippen LogP contribution in [0.3, 0.4) is 0 Å². The summed E-state index contributed by atoms with van der Waals surface area (Å²) in [7, 11) is -7.58. The first-order valence-electron chi connectivity index (χ1n) is 5.74. The van der Waals surface area contributed by atoms with Gasteiger partial charge in [-0.05, 0) is 13.8 Å². The number of nitrogens with one attached hydrogen (secondary N) is 1. The molecule has 1 fully saturated rings. The lowest BCUT2D eigenvalue weighted by atomic mass is 10.4. The average molecular weight is 387 g/mol. The van der Waals surface area contributed by atoms with Crippen LogP contribution in [0.5, 0.6) is 0 Å². The second-order valence-electron chi connectivity index (χ2n) is 4.30. The molecule has 0 aromatic rings. The summed E-state index contributed by atoms with van der Waals surface area (Å²) in [5, 5.41) is 3.36. The zero-order valence-electron chi connectivity index (χ0n) is 12.7. The van der Waals surface area contributed by atoms with E-state index >= 15 is 0 Å². The molecule has 0 spiro atoms. The van der Waals surface area contributed by atoms with Gasteiger partial charge in [0.2, 0.25) is 0 Å².